The minimum absolute atomic E-state index is 0.287. The highest BCUT2D eigenvalue weighted by molar-refractivity contribution is 6.78. The normalized spacial score (nSPS) is 12.5. The van der Waals surface area contributed by atoms with Gasteiger partial charge >= 0.3 is 6.09 Å². The van der Waals surface area contributed by atoms with Crippen LogP contribution in [-0.4, -0.2) is 29.3 Å². The van der Waals surface area contributed by atoms with Crippen molar-refractivity contribution in [3.63, 3.8) is 0 Å². The van der Waals surface area contributed by atoms with Gasteiger partial charge in [-0.15, -0.1) is 0 Å². The summed E-state index contributed by atoms with van der Waals surface area (Å²) in [5.41, 5.74) is 2.90. The largest absolute Gasteiger partial charge is 0.542 e. The van der Waals surface area contributed by atoms with Gasteiger partial charge < -0.3 is 9.53 Å². The SMILES string of the molecule is CC(C)[Si](Oc1ccc(-n2nc(C(C)(C)C)cc2N(C(=O)O)c2ccccc2)cc1Cl)(C(C)C)C(C)C. The van der Waals surface area contributed by atoms with Crippen LogP contribution in [0.5, 0.6) is 5.75 Å². The number of nitrogens with zero attached hydrogens (tertiary/aromatic N) is 3. The van der Waals surface area contributed by atoms with Gasteiger partial charge in [0.1, 0.15) is 11.6 Å². The molecule has 0 atom stereocenters. The summed E-state index contributed by atoms with van der Waals surface area (Å²) in [6.45, 7) is 19.6. The molecule has 0 fully saturated rings. The lowest BCUT2D eigenvalue weighted by Gasteiger charge is -2.42. The second-order valence-electron chi connectivity index (χ2n) is 11.5. The zero-order valence-electron chi connectivity index (χ0n) is 23.4. The highest BCUT2D eigenvalue weighted by Crippen LogP contribution is 2.44. The highest BCUT2D eigenvalue weighted by atomic mass is 35.5. The molecule has 3 rings (SSSR count). The van der Waals surface area contributed by atoms with E-state index in [4.69, 9.17) is 21.1 Å². The van der Waals surface area contributed by atoms with Gasteiger partial charge in [0.25, 0.3) is 8.32 Å². The van der Waals surface area contributed by atoms with E-state index in [1.54, 1.807) is 16.8 Å². The van der Waals surface area contributed by atoms with Crippen LogP contribution in [-0.2, 0) is 5.41 Å². The number of hydrogen-bond donors (Lipinski definition) is 1. The molecule has 1 aromatic heterocycles. The molecule has 1 amide bonds. The number of aromatic nitrogens is 2. The fraction of sp³-hybridized carbons (Fsp3) is 0.448. The van der Waals surface area contributed by atoms with Crippen LogP contribution >= 0.6 is 11.6 Å². The molecule has 0 saturated carbocycles. The second-order valence-corrected chi connectivity index (χ2v) is 17.3. The van der Waals surface area contributed by atoms with Gasteiger partial charge in [-0.1, -0.05) is 92.1 Å². The van der Waals surface area contributed by atoms with Gasteiger partial charge in [-0.05, 0) is 47.0 Å². The van der Waals surface area contributed by atoms with Gasteiger partial charge in [0, 0.05) is 11.5 Å². The molecule has 0 bridgehead atoms. The summed E-state index contributed by atoms with van der Waals surface area (Å²) < 4.78 is 8.47. The zero-order chi connectivity index (χ0) is 27.7. The molecule has 8 heteroatoms. The fourth-order valence-corrected chi connectivity index (χ4v) is 10.8. The summed E-state index contributed by atoms with van der Waals surface area (Å²) >= 11 is 6.83. The maximum atomic E-state index is 12.5. The van der Waals surface area contributed by atoms with Crippen LogP contribution in [0.2, 0.25) is 21.6 Å². The van der Waals surface area contributed by atoms with E-state index in [1.807, 2.05) is 42.5 Å². The zero-order valence-corrected chi connectivity index (χ0v) is 25.2. The van der Waals surface area contributed by atoms with Gasteiger partial charge in [-0.3, -0.25) is 0 Å². The van der Waals surface area contributed by atoms with E-state index in [0.717, 1.165) is 5.69 Å². The van der Waals surface area contributed by atoms with Crippen molar-refractivity contribution in [3.8, 4) is 11.4 Å². The Bertz CT molecular complexity index is 1210. The van der Waals surface area contributed by atoms with E-state index in [0.29, 0.717) is 44.6 Å². The van der Waals surface area contributed by atoms with Crippen molar-refractivity contribution >= 4 is 37.5 Å². The predicted molar refractivity (Wildman–Crippen MR) is 156 cm³/mol. The first-order valence-corrected chi connectivity index (χ1v) is 15.4. The van der Waals surface area contributed by atoms with Crippen molar-refractivity contribution in [1.29, 1.82) is 0 Å². The molecule has 0 aliphatic rings. The van der Waals surface area contributed by atoms with Gasteiger partial charge in [-0.2, -0.15) is 5.10 Å². The van der Waals surface area contributed by atoms with Crippen LogP contribution in [0.4, 0.5) is 16.3 Å². The number of benzene rings is 2. The first kappa shape index (κ1) is 28.8. The summed E-state index contributed by atoms with van der Waals surface area (Å²) in [6, 6.07) is 16.4. The third-order valence-electron chi connectivity index (χ3n) is 7.05. The van der Waals surface area contributed by atoms with Gasteiger partial charge in [0.15, 0.2) is 0 Å². The van der Waals surface area contributed by atoms with Crippen molar-refractivity contribution in [2.45, 2.75) is 84.4 Å². The Morgan fingerprint density at radius 2 is 1.54 bits per heavy atom. The van der Waals surface area contributed by atoms with Crippen molar-refractivity contribution in [2.75, 3.05) is 4.90 Å². The second kappa shape index (κ2) is 10.9. The predicted octanol–water partition coefficient (Wildman–Crippen LogP) is 9.19. The van der Waals surface area contributed by atoms with Crippen LogP contribution in [0.1, 0.15) is 68.0 Å². The summed E-state index contributed by atoms with van der Waals surface area (Å²) in [4.78, 5) is 13.7. The van der Waals surface area contributed by atoms with Crippen LogP contribution in [0.3, 0.4) is 0 Å². The van der Waals surface area contributed by atoms with Crippen molar-refractivity contribution in [2.24, 2.45) is 0 Å². The Balaban J connectivity index is 2.15. The number of hydrogen-bond acceptors (Lipinski definition) is 3. The van der Waals surface area contributed by atoms with Crippen molar-refractivity contribution in [1.82, 2.24) is 9.78 Å². The number of amides is 1. The number of anilines is 2. The molecule has 6 nitrogen and oxygen atoms in total. The van der Waals surface area contributed by atoms with Crippen molar-refractivity contribution in [3.05, 3.63) is 65.3 Å². The van der Waals surface area contributed by atoms with E-state index in [1.165, 1.54) is 4.90 Å². The number of carbonyl (C=O) groups is 1. The third kappa shape index (κ3) is 5.73. The summed E-state index contributed by atoms with van der Waals surface area (Å²) in [5, 5.41) is 15.5. The van der Waals surface area contributed by atoms with E-state index in [9.17, 15) is 9.90 Å². The Kier molecular flexibility index (Phi) is 8.49. The molecule has 3 aromatic rings. The summed E-state index contributed by atoms with van der Waals surface area (Å²) in [5.74, 6) is 1.08. The van der Waals surface area contributed by atoms with E-state index >= 15 is 0 Å². The molecule has 1 heterocycles. The van der Waals surface area contributed by atoms with Crippen LogP contribution in [0, 0.1) is 0 Å². The van der Waals surface area contributed by atoms with E-state index in [-0.39, 0.29) is 5.41 Å². The monoisotopic (exact) mass is 541 g/mol. The third-order valence-corrected chi connectivity index (χ3v) is 13.3. The highest BCUT2D eigenvalue weighted by Gasteiger charge is 2.47. The molecular weight excluding hydrogens is 502 g/mol. The molecular formula is C29H40ClN3O3Si. The molecule has 37 heavy (non-hydrogen) atoms. The quantitative estimate of drug-likeness (QED) is 0.288. The summed E-state index contributed by atoms with van der Waals surface area (Å²) in [6.07, 6.45) is -1.10. The van der Waals surface area contributed by atoms with Gasteiger partial charge in [0.2, 0.25) is 0 Å². The van der Waals surface area contributed by atoms with Crippen LogP contribution < -0.4 is 9.33 Å². The smallest absolute Gasteiger partial charge is 0.417 e. The minimum Gasteiger partial charge on any atom is -0.542 e. The molecule has 0 saturated heterocycles. The lowest BCUT2D eigenvalue weighted by molar-refractivity contribution is 0.204. The number of halogens is 1. The number of rotatable bonds is 8. The molecule has 0 spiro atoms. The number of para-hydroxylation sites is 1. The lowest BCUT2D eigenvalue weighted by Crippen LogP contribution is -2.50. The van der Waals surface area contributed by atoms with Crippen LogP contribution in [0.15, 0.2) is 54.6 Å². The molecule has 0 aliphatic heterocycles. The molecule has 2 aromatic carbocycles. The first-order valence-electron chi connectivity index (χ1n) is 12.9. The van der Waals surface area contributed by atoms with Gasteiger partial charge in [-0.25, -0.2) is 14.4 Å². The molecule has 0 aliphatic carbocycles. The molecule has 0 unspecified atom stereocenters. The average Bonchev–Trinajstić information content (AvgIpc) is 3.23. The average molecular weight is 542 g/mol. The molecule has 0 radical (unpaired) electrons. The number of carboxylic acid groups (broad SMARTS) is 1. The van der Waals surface area contributed by atoms with E-state index in [2.05, 4.69) is 62.3 Å². The molecule has 1 N–H and O–H groups in total. The summed E-state index contributed by atoms with van der Waals surface area (Å²) in [7, 11) is -2.20. The lowest BCUT2D eigenvalue weighted by atomic mass is 9.92. The topological polar surface area (TPSA) is 67.6 Å². The Labute approximate surface area is 227 Å². The molecule has 200 valence electrons. The van der Waals surface area contributed by atoms with Crippen molar-refractivity contribution < 1.29 is 14.3 Å². The minimum atomic E-state index is -2.20. The Morgan fingerprint density at radius 3 is 2.00 bits per heavy atom. The first-order chi connectivity index (χ1) is 17.2. The standard InChI is InChI=1S/C29H40ClN3O3Si/c1-19(2)37(20(3)4,21(5)6)36-25-16-15-23(17-24(25)30)33-27(18-26(31-33)29(7,8)9)32(28(34)35)22-13-11-10-12-14-22/h10-21H,1-9H3,(H,34,35). The fourth-order valence-electron chi connectivity index (χ4n) is 5.25. The van der Waals surface area contributed by atoms with Crippen LogP contribution in [0.25, 0.3) is 5.69 Å². The van der Waals surface area contributed by atoms with Gasteiger partial charge in [0.05, 0.1) is 22.1 Å². The van der Waals surface area contributed by atoms with E-state index < -0.39 is 14.4 Å². The maximum absolute atomic E-state index is 12.5. The Morgan fingerprint density at radius 1 is 0.973 bits per heavy atom. The Hall–Kier alpha value is -2.77. The maximum Gasteiger partial charge on any atom is 0.417 e.